The molecule has 1 saturated heterocycles. The first kappa shape index (κ1) is 27.0. The fourth-order valence-electron chi connectivity index (χ4n) is 4.31. The summed E-state index contributed by atoms with van der Waals surface area (Å²) in [5.74, 6) is 0.684. The highest BCUT2D eigenvalue weighted by molar-refractivity contribution is 7.89. The number of benzene rings is 3. The number of rotatable bonds is 8. The Morgan fingerprint density at radius 2 is 1.78 bits per heavy atom. The number of ether oxygens (including phenoxy) is 2. The average molecular weight is 543 g/mol. The number of hydrogen-bond donors (Lipinski definition) is 1. The van der Waals surface area contributed by atoms with Gasteiger partial charge in [-0.2, -0.15) is 4.31 Å². The van der Waals surface area contributed by atoms with Crippen molar-refractivity contribution >= 4 is 33.2 Å². The van der Waals surface area contributed by atoms with Crippen LogP contribution in [0.3, 0.4) is 0 Å². The minimum Gasteiger partial charge on any atom is -0.495 e. The Bertz CT molecular complexity index is 1360. The van der Waals surface area contributed by atoms with Crippen LogP contribution in [0.15, 0.2) is 71.6 Å². The number of nitrogens with zero attached hydrogens (tertiary/aromatic N) is 1. The fraction of sp³-hybridized carbons (Fsp3) is 0.321. The highest BCUT2D eigenvalue weighted by Crippen LogP contribution is 2.35. The Balaban J connectivity index is 1.54. The molecular formula is C28H31ClN2O5S. The number of para-hydroxylation sites is 1. The molecule has 196 valence electrons. The number of carbonyl (C=O) groups excluding carboxylic acids is 1. The number of halogens is 1. The number of sulfonamides is 1. The van der Waals surface area contributed by atoms with E-state index >= 15 is 0 Å². The summed E-state index contributed by atoms with van der Waals surface area (Å²) in [6, 6.07) is 19.4. The predicted octanol–water partition coefficient (Wildman–Crippen LogP) is 6.30. The number of amides is 1. The number of hydrogen-bond acceptors (Lipinski definition) is 5. The summed E-state index contributed by atoms with van der Waals surface area (Å²) < 4.78 is 40.0. The second kappa shape index (κ2) is 11.5. The lowest BCUT2D eigenvalue weighted by molar-refractivity contribution is -0.120. The van der Waals surface area contributed by atoms with Gasteiger partial charge < -0.3 is 14.8 Å². The summed E-state index contributed by atoms with van der Waals surface area (Å²) in [6.07, 6.45) is 1.13. The van der Waals surface area contributed by atoms with Crippen LogP contribution in [0.25, 0.3) is 0 Å². The maximum Gasteiger partial charge on any atom is 0.246 e. The van der Waals surface area contributed by atoms with Gasteiger partial charge in [0.1, 0.15) is 16.4 Å². The molecule has 0 aliphatic carbocycles. The molecule has 0 spiro atoms. The van der Waals surface area contributed by atoms with Crippen LogP contribution in [-0.2, 0) is 14.8 Å². The first-order valence-corrected chi connectivity index (χ1v) is 14.0. The molecule has 7 nitrogen and oxygen atoms in total. The van der Waals surface area contributed by atoms with E-state index in [-0.39, 0.29) is 29.0 Å². The van der Waals surface area contributed by atoms with Gasteiger partial charge in [0.2, 0.25) is 15.9 Å². The number of piperidine rings is 1. The third-order valence-corrected chi connectivity index (χ3v) is 8.52. The Kier molecular flexibility index (Phi) is 8.42. The standard InChI is InChI=1S/C28H31ClN2O5S/c1-19(2)20-11-13-26(35-3)27(16-20)37(33,34)31-15-7-8-21(18-31)28(32)30-24-17-22(29)12-14-25(24)36-23-9-5-4-6-10-23/h4-6,9-14,16-17,19,21H,7-8,15,18H2,1-3H3,(H,30,32)/t21-/m1/s1. The van der Waals surface area contributed by atoms with Gasteiger partial charge in [0, 0.05) is 18.1 Å². The van der Waals surface area contributed by atoms with Gasteiger partial charge in [-0.1, -0.05) is 49.7 Å². The molecule has 1 aliphatic heterocycles. The predicted molar refractivity (Wildman–Crippen MR) is 145 cm³/mol. The van der Waals surface area contributed by atoms with Crippen molar-refractivity contribution in [3.63, 3.8) is 0 Å². The van der Waals surface area contributed by atoms with E-state index in [1.54, 1.807) is 30.3 Å². The molecule has 1 heterocycles. The molecule has 0 saturated carbocycles. The Morgan fingerprint density at radius 1 is 1.05 bits per heavy atom. The first-order chi connectivity index (χ1) is 17.7. The fourth-order valence-corrected chi connectivity index (χ4v) is 6.19. The van der Waals surface area contributed by atoms with E-state index in [4.69, 9.17) is 21.1 Å². The van der Waals surface area contributed by atoms with Crippen molar-refractivity contribution in [1.82, 2.24) is 4.31 Å². The Hall–Kier alpha value is -3.07. The van der Waals surface area contributed by atoms with E-state index in [9.17, 15) is 13.2 Å². The van der Waals surface area contributed by atoms with Crippen molar-refractivity contribution in [2.24, 2.45) is 5.92 Å². The lowest BCUT2D eigenvalue weighted by Crippen LogP contribution is -2.43. The minimum atomic E-state index is -3.87. The van der Waals surface area contributed by atoms with Crippen LogP contribution < -0.4 is 14.8 Å². The van der Waals surface area contributed by atoms with Gasteiger partial charge in [-0.15, -0.1) is 0 Å². The highest BCUT2D eigenvalue weighted by atomic mass is 35.5. The normalized spacial score (nSPS) is 16.4. The first-order valence-electron chi connectivity index (χ1n) is 12.2. The monoisotopic (exact) mass is 542 g/mol. The Morgan fingerprint density at radius 3 is 2.49 bits per heavy atom. The molecule has 0 unspecified atom stereocenters. The summed E-state index contributed by atoms with van der Waals surface area (Å²) in [6.45, 7) is 4.41. The van der Waals surface area contributed by atoms with Gasteiger partial charge in [0.25, 0.3) is 0 Å². The van der Waals surface area contributed by atoms with E-state index in [1.807, 2.05) is 50.2 Å². The average Bonchev–Trinajstić information content (AvgIpc) is 2.90. The molecular weight excluding hydrogens is 512 g/mol. The van der Waals surface area contributed by atoms with Crippen molar-refractivity contribution < 1.29 is 22.7 Å². The van der Waals surface area contributed by atoms with Crippen LogP contribution in [0.4, 0.5) is 5.69 Å². The maximum atomic E-state index is 13.6. The van der Waals surface area contributed by atoms with E-state index in [0.29, 0.717) is 41.6 Å². The van der Waals surface area contributed by atoms with Crippen molar-refractivity contribution in [2.45, 2.75) is 37.5 Å². The largest absolute Gasteiger partial charge is 0.495 e. The van der Waals surface area contributed by atoms with Gasteiger partial charge in [0.15, 0.2) is 5.75 Å². The van der Waals surface area contributed by atoms with Crippen LogP contribution >= 0.6 is 11.6 Å². The third-order valence-electron chi connectivity index (χ3n) is 6.40. The minimum absolute atomic E-state index is 0.0681. The zero-order chi connectivity index (χ0) is 26.6. The number of carbonyl (C=O) groups is 1. The van der Waals surface area contributed by atoms with Crippen molar-refractivity contribution in [1.29, 1.82) is 0 Å². The van der Waals surface area contributed by atoms with Gasteiger partial charge in [0.05, 0.1) is 18.7 Å². The van der Waals surface area contributed by atoms with Gasteiger partial charge in [-0.25, -0.2) is 8.42 Å². The summed E-state index contributed by atoms with van der Waals surface area (Å²) in [4.78, 5) is 13.4. The summed E-state index contributed by atoms with van der Waals surface area (Å²) in [5.41, 5.74) is 1.32. The molecule has 9 heteroatoms. The van der Waals surface area contributed by atoms with Gasteiger partial charge in [-0.3, -0.25) is 4.79 Å². The van der Waals surface area contributed by atoms with Crippen molar-refractivity contribution in [2.75, 3.05) is 25.5 Å². The zero-order valence-corrected chi connectivity index (χ0v) is 22.7. The quantitative estimate of drug-likeness (QED) is 0.361. The summed E-state index contributed by atoms with van der Waals surface area (Å²) >= 11 is 6.20. The molecule has 0 aromatic heterocycles. The van der Waals surface area contributed by atoms with Crippen LogP contribution in [0.5, 0.6) is 17.2 Å². The second-order valence-electron chi connectivity index (χ2n) is 9.31. The molecule has 4 rings (SSSR count). The molecule has 1 N–H and O–H groups in total. The van der Waals surface area contributed by atoms with Crippen molar-refractivity contribution in [3.05, 3.63) is 77.3 Å². The SMILES string of the molecule is COc1ccc(C(C)C)cc1S(=O)(=O)N1CCC[C@@H](C(=O)Nc2cc(Cl)ccc2Oc2ccccc2)C1. The number of methoxy groups -OCH3 is 1. The van der Waals surface area contributed by atoms with Crippen LogP contribution in [0.1, 0.15) is 38.2 Å². The topological polar surface area (TPSA) is 84.9 Å². The second-order valence-corrected chi connectivity index (χ2v) is 11.7. The molecule has 1 aliphatic rings. The number of nitrogens with one attached hydrogen (secondary N) is 1. The van der Waals surface area contributed by atoms with Crippen LogP contribution in [-0.4, -0.2) is 38.8 Å². The molecule has 0 bridgehead atoms. The molecule has 3 aromatic rings. The highest BCUT2D eigenvalue weighted by Gasteiger charge is 2.35. The Labute approximate surface area is 223 Å². The third kappa shape index (κ3) is 6.26. The molecule has 1 fully saturated rings. The molecule has 1 amide bonds. The van der Waals surface area contributed by atoms with Gasteiger partial charge in [-0.05, 0) is 66.8 Å². The van der Waals surface area contributed by atoms with E-state index in [0.717, 1.165) is 5.56 Å². The maximum absolute atomic E-state index is 13.6. The lowest BCUT2D eigenvalue weighted by Gasteiger charge is -2.31. The smallest absolute Gasteiger partial charge is 0.246 e. The summed E-state index contributed by atoms with van der Waals surface area (Å²) in [5, 5.41) is 3.35. The zero-order valence-electron chi connectivity index (χ0n) is 21.1. The molecule has 3 aromatic carbocycles. The van der Waals surface area contributed by atoms with E-state index in [2.05, 4.69) is 5.32 Å². The summed E-state index contributed by atoms with van der Waals surface area (Å²) in [7, 11) is -2.42. The van der Waals surface area contributed by atoms with Crippen LogP contribution in [0.2, 0.25) is 5.02 Å². The van der Waals surface area contributed by atoms with E-state index < -0.39 is 15.9 Å². The van der Waals surface area contributed by atoms with Gasteiger partial charge >= 0.3 is 0 Å². The number of anilines is 1. The molecule has 0 radical (unpaired) electrons. The molecule has 37 heavy (non-hydrogen) atoms. The van der Waals surface area contributed by atoms with Crippen molar-refractivity contribution in [3.8, 4) is 17.2 Å². The van der Waals surface area contributed by atoms with E-state index in [1.165, 1.54) is 11.4 Å². The molecule has 1 atom stereocenters. The lowest BCUT2D eigenvalue weighted by atomic mass is 9.98. The van der Waals surface area contributed by atoms with Crippen LogP contribution in [0, 0.1) is 5.92 Å².